The van der Waals surface area contributed by atoms with E-state index in [0.29, 0.717) is 15.7 Å². The number of nitrogens with zero attached hydrogens (tertiary/aromatic N) is 2. The van der Waals surface area contributed by atoms with Gasteiger partial charge in [-0.1, -0.05) is 23.2 Å². The Bertz CT molecular complexity index is 431. The molecule has 1 aromatic carbocycles. The molecule has 1 fully saturated rings. The van der Waals surface area contributed by atoms with Gasteiger partial charge in [0.2, 0.25) is 0 Å². The number of nitro groups is 1. The fourth-order valence-electron chi connectivity index (χ4n) is 1.95. The molecule has 0 radical (unpaired) electrons. The van der Waals surface area contributed by atoms with Gasteiger partial charge in [0.25, 0.3) is 5.69 Å². The van der Waals surface area contributed by atoms with Crippen molar-refractivity contribution in [2.45, 2.75) is 12.8 Å². The molecule has 0 N–H and O–H groups in total. The zero-order chi connectivity index (χ0) is 11.7. The highest BCUT2D eigenvalue weighted by Crippen LogP contribution is 2.39. The Morgan fingerprint density at radius 2 is 1.88 bits per heavy atom. The molecule has 1 aromatic rings. The molecular weight excluding hydrogens is 251 g/mol. The number of rotatable bonds is 2. The third kappa shape index (κ3) is 2.08. The smallest absolute Gasteiger partial charge is 0.295 e. The molecule has 0 unspecified atom stereocenters. The Morgan fingerprint density at radius 3 is 2.44 bits per heavy atom. The summed E-state index contributed by atoms with van der Waals surface area (Å²) in [5.74, 6) is 0. The van der Waals surface area contributed by atoms with Crippen molar-refractivity contribution in [3.05, 3.63) is 32.3 Å². The van der Waals surface area contributed by atoms with Crippen LogP contribution in [0.4, 0.5) is 11.4 Å². The van der Waals surface area contributed by atoms with Crippen molar-refractivity contribution in [3.63, 3.8) is 0 Å². The van der Waals surface area contributed by atoms with Gasteiger partial charge >= 0.3 is 0 Å². The molecule has 16 heavy (non-hydrogen) atoms. The second-order valence-corrected chi connectivity index (χ2v) is 4.55. The SMILES string of the molecule is O=[N+]([O-])c1cc(Cl)cc(Cl)c1N1CCCC1. The Hall–Kier alpha value is -1.00. The minimum Gasteiger partial charge on any atom is -0.365 e. The van der Waals surface area contributed by atoms with Gasteiger partial charge in [-0.15, -0.1) is 0 Å². The summed E-state index contributed by atoms with van der Waals surface area (Å²) in [6.45, 7) is 1.62. The van der Waals surface area contributed by atoms with Crippen LogP contribution in [-0.2, 0) is 0 Å². The summed E-state index contributed by atoms with van der Waals surface area (Å²) >= 11 is 11.8. The first kappa shape index (κ1) is 11.5. The monoisotopic (exact) mass is 260 g/mol. The van der Waals surface area contributed by atoms with Gasteiger partial charge < -0.3 is 4.90 Å². The molecule has 0 aromatic heterocycles. The second kappa shape index (κ2) is 4.47. The van der Waals surface area contributed by atoms with E-state index in [1.807, 2.05) is 4.90 Å². The third-order valence-electron chi connectivity index (χ3n) is 2.63. The van der Waals surface area contributed by atoms with Crippen LogP contribution < -0.4 is 4.90 Å². The standard InChI is InChI=1S/C10H10Cl2N2O2/c11-7-5-8(12)10(9(6-7)14(15)16)13-3-1-2-4-13/h5-6H,1-4H2. The van der Waals surface area contributed by atoms with Gasteiger partial charge in [-0.25, -0.2) is 0 Å². The van der Waals surface area contributed by atoms with Crippen LogP contribution in [0.1, 0.15) is 12.8 Å². The van der Waals surface area contributed by atoms with Crippen molar-refractivity contribution < 1.29 is 4.92 Å². The summed E-state index contributed by atoms with van der Waals surface area (Å²) < 4.78 is 0. The second-order valence-electron chi connectivity index (χ2n) is 3.71. The minimum absolute atomic E-state index is 0.0144. The largest absolute Gasteiger partial charge is 0.365 e. The first-order valence-corrected chi connectivity index (χ1v) is 5.73. The van der Waals surface area contributed by atoms with Gasteiger partial charge in [-0.2, -0.15) is 0 Å². The van der Waals surface area contributed by atoms with Crippen molar-refractivity contribution >= 4 is 34.6 Å². The Morgan fingerprint density at radius 1 is 1.25 bits per heavy atom. The number of benzene rings is 1. The summed E-state index contributed by atoms with van der Waals surface area (Å²) in [7, 11) is 0. The van der Waals surface area contributed by atoms with E-state index >= 15 is 0 Å². The number of hydrogen-bond acceptors (Lipinski definition) is 3. The van der Waals surface area contributed by atoms with Crippen LogP contribution >= 0.6 is 23.2 Å². The molecule has 1 heterocycles. The predicted octanol–water partition coefficient (Wildman–Crippen LogP) is 3.50. The van der Waals surface area contributed by atoms with Gasteiger partial charge in [0, 0.05) is 24.2 Å². The van der Waals surface area contributed by atoms with Crippen LogP contribution in [0.3, 0.4) is 0 Å². The maximum absolute atomic E-state index is 10.9. The topological polar surface area (TPSA) is 46.4 Å². The molecule has 0 amide bonds. The van der Waals surface area contributed by atoms with Crippen molar-refractivity contribution in [2.75, 3.05) is 18.0 Å². The average Bonchev–Trinajstić information content (AvgIpc) is 2.69. The fraction of sp³-hybridized carbons (Fsp3) is 0.400. The van der Waals surface area contributed by atoms with E-state index in [-0.39, 0.29) is 5.69 Å². The maximum Gasteiger partial charge on any atom is 0.295 e. The molecule has 1 saturated heterocycles. The van der Waals surface area contributed by atoms with Gasteiger partial charge in [-0.3, -0.25) is 10.1 Å². The van der Waals surface area contributed by atoms with Gasteiger partial charge in [0.15, 0.2) is 0 Å². The Balaban J connectivity index is 2.52. The molecule has 6 heteroatoms. The number of nitro benzene ring substituents is 1. The third-order valence-corrected chi connectivity index (χ3v) is 3.13. The predicted molar refractivity (Wildman–Crippen MR) is 64.6 cm³/mol. The molecule has 0 saturated carbocycles. The minimum atomic E-state index is -0.439. The first-order valence-electron chi connectivity index (χ1n) is 4.98. The summed E-state index contributed by atoms with van der Waals surface area (Å²) in [5.41, 5.74) is 0.480. The number of hydrogen-bond donors (Lipinski definition) is 0. The molecule has 1 aliphatic rings. The lowest BCUT2D eigenvalue weighted by Crippen LogP contribution is -2.19. The lowest BCUT2D eigenvalue weighted by Gasteiger charge is -2.18. The lowest BCUT2D eigenvalue weighted by molar-refractivity contribution is -0.384. The van der Waals surface area contributed by atoms with Gasteiger partial charge in [0.05, 0.1) is 9.95 Å². The summed E-state index contributed by atoms with van der Waals surface area (Å²) in [5, 5.41) is 11.6. The van der Waals surface area contributed by atoms with E-state index in [2.05, 4.69) is 0 Å². The van der Waals surface area contributed by atoms with Crippen LogP contribution in [0.2, 0.25) is 10.0 Å². The van der Waals surface area contributed by atoms with Crippen LogP contribution in [0.5, 0.6) is 0 Å². The normalized spacial score (nSPS) is 15.5. The van der Waals surface area contributed by atoms with Crippen molar-refractivity contribution in [3.8, 4) is 0 Å². The van der Waals surface area contributed by atoms with Crippen molar-refractivity contribution in [2.24, 2.45) is 0 Å². The molecule has 0 aliphatic carbocycles. The van der Waals surface area contributed by atoms with Crippen LogP contribution in [0.25, 0.3) is 0 Å². The van der Waals surface area contributed by atoms with E-state index in [4.69, 9.17) is 23.2 Å². The van der Waals surface area contributed by atoms with E-state index in [0.717, 1.165) is 25.9 Å². The zero-order valence-corrected chi connectivity index (χ0v) is 9.96. The highest BCUT2D eigenvalue weighted by atomic mass is 35.5. The maximum atomic E-state index is 10.9. The average molecular weight is 261 g/mol. The molecular formula is C10H10Cl2N2O2. The number of anilines is 1. The lowest BCUT2D eigenvalue weighted by atomic mass is 10.2. The molecule has 0 spiro atoms. The first-order chi connectivity index (χ1) is 7.59. The van der Waals surface area contributed by atoms with E-state index in [1.165, 1.54) is 6.07 Å². The Kier molecular flexibility index (Phi) is 3.21. The quantitative estimate of drug-likeness (QED) is 0.604. The molecule has 2 rings (SSSR count). The Labute approximate surface area is 103 Å². The van der Waals surface area contributed by atoms with Gasteiger partial charge in [-0.05, 0) is 18.9 Å². The molecule has 0 atom stereocenters. The highest BCUT2D eigenvalue weighted by molar-refractivity contribution is 6.37. The van der Waals surface area contributed by atoms with Crippen LogP contribution in [0, 0.1) is 10.1 Å². The highest BCUT2D eigenvalue weighted by Gasteiger charge is 2.25. The molecule has 0 bridgehead atoms. The summed E-state index contributed by atoms with van der Waals surface area (Å²) in [6.07, 6.45) is 2.08. The fourth-order valence-corrected chi connectivity index (χ4v) is 2.55. The summed E-state index contributed by atoms with van der Waals surface area (Å²) in [6, 6.07) is 2.89. The van der Waals surface area contributed by atoms with Crippen LogP contribution in [0.15, 0.2) is 12.1 Å². The molecule has 1 aliphatic heterocycles. The van der Waals surface area contributed by atoms with E-state index in [1.54, 1.807) is 6.07 Å². The number of halogens is 2. The molecule has 4 nitrogen and oxygen atoms in total. The van der Waals surface area contributed by atoms with Crippen molar-refractivity contribution in [1.29, 1.82) is 0 Å². The van der Waals surface area contributed by atoms with E-state index in [9.17, 15) is 10.1 Å². The molecule has 86 valence electrons. The summed E-state index contributed by atoms with van der Waals surface area (Å²) in [4.78, 5) is 12.4. The zero-order valence-electron chi connectivity index (χ0n) is 8.45. The van der Waals surface area contributed by atoms with Crippen LogP contribution in [-0.4, -0.2) is 18.0 Å². The van der Waals surface area contributed by atoms with Crippen molar-refractivity contribution in [1.82, 2.24) is 0 Å². The van der Waals surface area contributed by atoms with Gasteiger partial charge in [0.1, 0.15) is 5.69 Å². The van der Waals surface area contributed by atoms with E-state index < -0.39 is 4.92 Å².